The molecule has 2 nitrogen and oxygen atoms in total. The molecule has 0 spiro atoms. The monoisotopic (exact) mass is 268 g/mol. The summed E-state index contributed by atoms with van der Waals surface area (Å²) in [7, 11) is -1.78. The lowest BCUT2D eigenvalue weighted by Gasteiger charge is -2.46. The van der Waals surface area contributed by atoms with E-state index >= 15 is 0 Å². The molecule has 1 fully saturated rings. The Morgan fingerprint density at radius 1 is 1.44 bits per heavy atom. The van der Waals surface area contributed by atoms with Gasteiger partial charge in [0.2, 0.25) is 0 Å². The maximum Gasteiger partial charge on any atom is 0.192 e. The highest BCUT2D eigenvalue weighted by Gasteiger charge is 2.45. The van der Waals surface area contributed by atoms with Crippen molar-refractivity contribution in [3.63, 3.8) is 0 Å². The highest BCUT2D eigenvalue weighted by Crippen LogP contribution is 2.44. The molecule has 1 aliphatic carbocycles. The largest absolute Gasteiger partial charge is 0.413 e. The topological polar surface area (TPSA) is 26.3 Å². The summed E-state index contributed by atoms with van der Waals surface area (Å²) in [5, 5.41) is 0.205. The molecule has 0 aromatic rings. The molecule has 104 valence electrons. The maximum absolute atomic E-state index is 11.7. The van der Waals surface area contributed by atoms with E-state index in [4.69, 9.17) is 4.43 Å². The molecule has 0 amide bonds. The SMILES string of the molecule is C=C[C@@]1(C)CC(=O)CC[C@@H]1O[Si](C)(C)C(C)(C)C. The Labute approximate surface area is 113 Å². The zero-order chi connectivity index (χ0) is 14.2. The average Bonchev–Trinajstić information content (AvgIpc) is 2.20. The minimum Gasteiger partial charge on any atom is -0.413 e. The number of ketones is 1. The summed E-state index contributed by atoms with van der Waals surface area (Å²) in [6.45, 7) is 17.3. The zero-order valence-electron chi connectivity index (χ0n) is 12.8. The Morgan fingerprint density at radius 3 is 2.44 bits per heavy atom. The summed E-state index contributed by atoms with van der Waals surface area (Å²) in [4.78, 5) is 11.7. The third kappa shape index (κ3) is 3.12. The van der Waals surface area contributed by atoms with Crippen LogP contribution in [0.2, 0.25) is 18.1 Å². The number of carbonyl (C=O) groups excluding carboxylic acids is 1. The van der Waals surface area contributed by atoms with Crippen molar-refractivity contribution in [3.05, 3.63) is 12.7 Å². The molecule has 1 saturated carbocycles. The summed E-state index contributed by atoms with van der Waals surface area (Å²) in [6.07, 6.45) is 4.14. The van der Waals surface area contributed by atoms with E-state index in [0.717, 1.165) is 6.42 Å². The molecule has 2 atom stereocenters. The van der Waals surface area contributed by atoms with Gasteiger partial charge in [-0.2, -0.15) is 0 Å². The quantitative estimate of drug-likeness (QED) is 0.563. The predicted octanol–water partition coefficient (Wildman–Crippen LogP) is 4.32. The Hall–Kier alpha value is -0.413. The number of hydrogen-bond acceptors (Lipinski definition) is 2. The fourth-order valence-corrected chi connectivity index (χ4v) is 3.63. The van der Waals surface area contributed by atoms with Gasteiger partial charge in [-0.1, -0.05) is 33.8 Å². The van der Waals surface area contributed by atoms with Crippen LogP contribution in [0.1, 0.15) is 47.0 Å². The third-order valence-corrected chi connectivity index (χ3v) is 9.19. The molecule has 0 aliphatic heterocycles. The van der Waals surface area contributed by atoms with E-state index in [0.29, 0.717) is 18.6 Å². The van der Waals surface area contributed by atoms with Crippen molar-refractivity contribution in [2.75, 3.05) is 0 Å². The minimum absolute atomic E-state index is 0.147. The molecule has 0 aromatic heterocycles. The van der Waals surface area contributed by atoms with Crippen LogP contribution in [0.4, 0.5) is 0 Å². The molecule has 18 heavy (non-hydrogen) atoms. The first-order chi connectivity index (χ1) is 8.02. The Morgan fingerprint density at radius 2 is 2.00 bits per heavy atom. The van der Waals surface area contributed by atoms with Crippen LogP contribution < -0.4 is 0 Å². The van der Waals surface area contributed by atoms with Crippen molar-refractivity contribution < 1.29 is 9.22 Å². The van der Waals surface area contributed by atoms with Gasteiger partial charge in [0.15, 0.2) is 8.32 Å². The summed E-state index contributed by atoms with van der Waals surface area (Å²) in [5.41, 5.74) is -0.190. The predicted molar refractivity (Wildman–Crippen MR) is 79.2 cm³/mol. The average molecular weight is 268 g/mol. The van der Waals surface area contributed by atoms with Gasteiger partial charge in [0.25, 0.3) is 0 Å². The van der Waals surface area contributed by atoms with Crippen LogP contribution in [0, 0.1) is 5.41 Å². The summed E-state index contributed by atoms with van der Waals surface area (Å²) in [5.74, 6) is 0.340. The minimum atomic E-state index is -1.78. The molecule has 0 bridgehead atoms. The van der Waals surface area contributed by atoms with Crippen molar-refractivity contribution in [2.45, 2.75) is 71.2 Å². The summed E-state index contributed by atoms with van der Waals surface area (Å²) >= 11 is 0. The summed E-state index contributed by atoms with van der Waals surface area (Å²) < 4.78 is 6.51. The van der Waals surface area contributed by atoms with Crippen LogP contribution >= 0.6 is 0 Å². The zero-order valence-corrected chi connectivity index (χ0v) is 13.8. The Kier molecular flexibility index (Phi) is 4.29. The molecule has 0 aromatic carbocycles. The molecule has 0 N–H and O–H groups in total. The molecule has 0 unspecified atom stereocenters. The van der Waals surface area contributed by atoms with Crippen molar-refractivity contribution in [2.24, 2.45) is 5.41 Å². The van der Waals surface area contributed by atoms with E-state index in [2.05, 4.69) is 47.4 Å². The number of Topliss-reactive ketones (excluding diaryl/α,β-unsaturated/α-hetero) is 1. The lowest BCUT2D eigenvalue weighted by Crippen LogP contribution is -2.50. The molecule has 1 rings (SSSR count). The Balaban J connectivity index is 2.89. The smallest absolute Gasteiger partial charge is 0.192 e. The van der Waals surface area contributed by atoms with E-state index in [1.54, 1.807) is 0 Å². The van der Waals surface area contributed by atoms with E-state index in [-0.39, 0.29) is 16.6 Å². The normalized spacial score (nSPS) is 30.3. The lowest BCUT2D eigenvalue weighted by molar-refractivity contribution is -0.126. The highest BCUT2D eigenvalue weighted by molar-refractivity contribution is 6.74. The van der Waals surface area contributed by atoms with Gasteiger partial charge in [-0.15, -0.1) is 6.58 Å². The Bertz CT molecular complexity index is 341. The van der Waals surface area contributed by atoms with Crippen molar-refractivity contribution >= 4 is 14.1 Å². The van der Waals surface area contributed by atoms with Gasteiger partial charge in [-0.05, 0) is 24.6 Å². The fraction of sp³-hybridized carbons (Fsp3) is 0.800. The second kappa shape index (κ2) is 4.93. The van der Waals surface area contributed by atoms with Gasteiger partial charge >= 0.3 is 0 Å². The van der Waals surface area contributed by atoms with E-state index < -0.39 is 8.32 Å². The van der Waals surface area contributed by atoms with Crippen molar-refractivity contribution in [1.29, 1.82) is 0 Å². The molecule has 0 radical (unpaired) electrons. The second-order valence-electron chi connectivity index (χ2n) is 7.33. The van der Waals surface area contributed by atoms with Gasteiger partial charge in [0, 0.05) is 18.3 Å². The standard InChI is InChI=1S/C15H28O2Si/c1-8-15(5)11-12(16)9-10-13(15)17-18(6,7)14(2,3)4/h8,13H,1,9-11H2,2-7H3/t13-,15-/m0/s1. The first kappa shape index (κ1) is 15.6. The molecule has 1 aliphatic rings. The van der Waals surface area contributed by atoms with Gasteiger partial charge in [0.05, 0.1) is 6.10 Å². The molecular formula is C15H28O2Si. The van der Waals surface area contributed by atoms with Crippen LogP contribution in [-0.2, 0) is 9.22 Å². The van der Waals surface area contributed by atoms with Gasteiger partial charge in [-0.25, -0.2) is 0 Å². The number of carbonyl (C=O) groups is 1. The third-order valence-electron chi connectivity index (χ3n) is 4.71. The molecule has 0 heterocycles. The first-order valence-corrected chi connectivity index (χ1v) is 9.76. The van der Waals surface area contributed by atoms with Crippen LogP contribution in [0.3, 0.4) is 0 Å². The van der Waals surface area contributed by atoms with Crippen molar-refractivity contribution in [3.8, 4) is 0 Å². The maximum atomic E-state index is 11.7. The number of rotatable bonds is 3. The van der Waals surface area contributed by atoms with E-state index in [9.17, 15) is 4.79 Å². The molecular weight excluding hydrogens is 240 g/mol. The number of hydrogen-bond donors (Lipinski definition) is 0. The van der Waals surface area contributed by atoms with Crippen LogP contribution in [0.15, 0.2) is 12.7 Å². The van der Waals surface area contributed by atoms with Crippen LogP contribution in [-0.4, -0.2) is 20.2 Å². The van der Waals surface area contributed by atoms with Crippen LogP contribution in [0.5, 0.6) is 0 Å². The fourth-order valence-electron chi connectivity index (χ4n) is 2.18. The lowest BCUT2D eigenvalue weighted by atomic mass is 9.73. The van der Waals surface area contributed by atoms with E-state index in [1.165, 1.54) is 0 Å². The van der Waals surface area contributed by atoms with Gasteiger partial charge < -0.3 is 4.43 Å². The highest BCUT2D eigenvalue weighted by atomic mass is 28.4. The van der Waals surface area contributed by atoms with Crippen LogP contribution in [0.25, 0.3) is 0 Å². The van der Waals surface area contributed by atoms with Crippen molar-refractivity contribution in [1.82, 2.24) is 0 Å². The molecule has 3 heteroatoms. The van der Waals surface area contributed by atoms with Gasteiger partial charge in [0.1, 0.15) is 5.78 Å². The summed E-state index contributed by atoms with van der Waals surface area (Å²) in [6, 6.07) is 0. The first-order valence-electron chi connectivity index (χ1n) is 6.85. The molecule has 0 saturated heterocycles. The van der Waals surface area contributed by atoms with Gasteiger partial charge in [-0.3, -0.25) is 4.79 Å². The second-order valence-corrected chi connectivity index (χ2v) is 12.1. The van der Waals surface area contributed by atoms with E-state index in [1.807, 2.05) is 6.08 Å².